The van der Waals surface area contributed by atoms with Crippen molar-refractivity contribution in [2.45, 2.75) is 26.3 Å². The van der Waals surface area contributed by atoms with Gasteiger partial charge < -0.3 is 4.90 Å². The van der Waals surface area contributed by atoms with E-state index in [4.69, 9.17) is 16.9 Å². The fourth-order valence-corrected chi connectivity index (χ4v) is 1.86. The Hall–Kier alpha value is -2.20. The Kier molecular flexibility index (Phi) is 4.48. The van der Waals surface area contributed by atoms with Crippen LogP contribution in [0.15, 0.2) is 18.7 Å². The minimum Gasteiger partial charge on any atom is -0.337 e. The van der Waals surface area contributed by atoms with E-state index in [1.54, 1.807) is 23.3 Å². The molecule has 0 aliphatic carbocycles. The Morgan fingerprint density at radius 1 is 1.40 bits per heavy atom. The van der Waals surface area contributed by atoms with E-state index in [-0.39, 0.29) is 11.3 Å². The van der Waals surface area contributed by atoms with Crippen LogP contribution in [-0.4, -0.2) is 37.1 Å². The van der Waals surface area contributed by atoms with E-state index < -0.39 is 0 Å². The number of nitrogens with zero attached hydrogens (tertiary/aromatic N) is 7. The Labute approximate surface area is 121 Å². The van der Waals surface area contributed by atoms with E-state index in [0.29, 0.717) is 24.9 Å². The number of halogens is 1. The highest BCUT2D eigenvalue weighted by atomic mass is 35.5. The standard InChI is InChI=1S/C12H14ClN7/c1-9(2)20(6-3-4-14)12-17-10(13)16-11(18-12)19-7-5-15-8-19/h5,7-9H,3,6H2,1-2H3. The third-order valence-corrected chi connectivity index (χ3v) is 2.83. The molecule has 7 nitrogen and oxygen atoms in total. The maximum atomic E-state index is 8.73. The van der Waals surface area contributed by atoms with Crippen LogP contribution in [0.5, 0.6) is 0 Å². The van der Waals surface area contributed by atoms with Crippen molar-refractivity contribution in [2.75, 3.05) is 11.4 Å². The number of anilines is 1. The van der Waals surface area contributed by atoms with Crippen LogP contribution in [0.2, 0.25) is 5.28 Å². The van der Waals surface area contributed by atoms with Crippen molar-refractivity contribution in [2.24, 2.45) is 0 Å². The van der Waals surface area contributed by atoms with Gasteiger partial charge in [0.25, 0.3) is 0 Å². The van der Waals surface area contributed by atoms with Crippen molar-refractivity contribution in [3.05, 3.63) is 24.0 Å². The summed E-state index contributed by atoms with van der Waals surface area (Å²) in [5.41, 5.74) is 0. The number of nitriles is 1. The highest BCUT2D eigenvalue weighted by molar-refractivity contribution is 6.28. The molecule has 2 aromatic heterocycles. The van der Waals surface area contributed by atoms with Crippen LogP contribution in [0, 0.1) is 11.3 Å². The molecule has 0 amide bonds. The fourth-order valence-electron chi connectivity index (χ4n) is 1.71. The lowest BCUT2D eigenvalue weighted by Crippen LogP contribution is -2.33. The lowest BCUT2D eigenvalue weighted by atomic mass is 10.3. The van der Waals surface area contributed by atoms with Gasteiger partial charge >= 0.3 is 0 Å². The number of imidazole rings is 1. The molecule has 0 unspecified atom stereocenters. The number of hydrogen-bond acceptors (Lipinski definition) is 6. The van der Waals surface area contributed by atoms with Gasteiger partial charge in [0.05, 0.1) is 12.5 Å². The summed E-state index contributed by atoms with van der Waals surface area (Å²) in [4.78, 5) is 18.5. The SMILES string of the molecule is CC(C)N(CCC#N)c1nc(Cl)nc(-n2ccnc2)n1. The summed E-state index contributed by atoms with van der Waals surface area (Å²) in [6, 6.07) is 2.27. The van der Waals surface area contributed by atoms with Gasteiger partial charge in [0.2, 0.25) is 17.2 Å². The Balaban J connectivity index is 2.37. The molecule has 0 aliphatic heterocycles. The molecule has 0 N–H and O–H groups in total. The Bertz CT molecular complexity index is 603. The van der Waals surface area contributed by atoms with Gasteiger partial charge in [0, 0.05) is 25.0 Å². The summed E-state index contributed by atoms with van der Waals surface area (Å²) in [5.74, 6) is 0.860. The largest absolute Gasteiger partial charge is 0.337 e. The van der Waals surface area contributed by atoms with Gasteiger partial charge in [-0.1, -0.05) is 0 Å². The average molecular weight is 292 g/mol. The first-order chi connectivity index (χ1) is 9.61. The second-order valence-corrected chi connectivity index (χ2v) is 4.71. The quantitative estimate of drug-likeness (QED) is 0.836. The minimum absolute atomic E-state index is 0.112. The van der Waals surface area contributed by atoms with Crippen molar-refractivity contribution in [1.82, 2.24) is 24.5 Å². The molecule has 0 saturated carbocycles. The molecule has 2 aromatic rings. The zero-order chi connectivity index (χ0) is 14.5. The third-order valence-electron chi connectivity index (χ3n) is 2.66. The molecule has 0 spiro atoms. The smallest absolute Gasteiger partial charge is 0.241 e. The zero-order valence-electron chi connectivity index (χ0n) is 11.2. The number of hydrogen-bond donors (Lipinski definition) is 0. The van der Waals surface area contributed by atoms with Crippen molar-refractivity contribution in [3.8, 4) is 12.0 Å². The second-order valence-electron chi connectivity index (χ2n) is 4.37. The molecule has 0 aromatic carbocycles. The van der Waals surface area contributed by atoms with E-state index in [1.165, 1.54) is 0 Å². The van der Waals surface area contributed by atoms with Crippen LogP contribution in [0.1, 0.15) is 20.3 Å². The summed E-state index contributed by atoms with van der Waals surface area (Å²) in [7, 11) is 0. The maximum absolute atomic E-state index is 8.73. The van der Waals surface area contributed by atoms with Gasteiger partial charge in [-0.3, -0.25) is 4.57 Å². The van der Waals surface area contributed by atoms with E-state index in [2.05, 4.69) is 26.0 Å². The van der Waals surface area contributed by atoms with Crippen molar-refractivity contribution < 1.29 is 0 Å². The monoisotopic (exact) mass is 291 g/mol. The fraction of sp³-hybridized carbons (Fsp3) is 0.417. The van der Waals surface area contributed by atoms with Crippen molar-refractivity contribution in [1.29, 1.82) is 5.26 Å². The van der Waals surface area contributed by atoms with Crippen molar-refractivity contribution >= 4 is 17.5 Å². The summed E-state index contributed by atoms with van der Waals surface area (Å²) in [5, 5.41) is 8.85. The highest BCUT2D eigenvalue weighted by Gasteiger charge is 2.16. The first kappa shape index (κ1) is 14.2. The second kappa shape index (κ2) is 6.30. The average Bonchev–Trinajstić information content (AvgIpc) is 2.92. The normalized spacial score (nSPS) is 10.6. The van der Waals surface area contributed by atoms with Gasteiger partial charge in [-0.15, -0.1) is 0 Å². The minimum atomic E-state index is 0.112. The lowest BCUT2D eigenvalue weighted by molar-refractivity contribution is 0.659. The van der Waals surface area contributed by atoms with E-state index in [1.807, 2.05) is 18.7 Å². The first-order valence-corrected chi connectivity index (χ1v) is 6.53. The van der Waals surface area contributed by atoms with Crippen molar-refractivity contribution in [3.63, 3.8) is 0 Å². The Morgan fingerprint density at radius 3 is 2.80 bits per heavy atom. The molecule has 0 bridgehead atoms. The molecule has 104 valence electrons. The summed E-state index contributed by atoms with van der Waals surface area (Å²) in [6.07, 6.45) is 5.34. The molecule has 0 fully saturated rings. The third kappa shape index (κ3) is 3.22. The van der Waals surface area contributed by atoms with Gasteiger partial charge in [0.1, 0.15) is 6.33 Å². The van der Waals surface area contributed by atoms with Crippen LogP contribution >= 0.6 is 11.6 Å². The van der Waals surface area contributed by atoms with Gasteiger partial charge in [-0.2, -0.15) is 20.2 Å². The first-order valence-electron chi connectivity index (χ1n) is 6.15. The topological polar surface area (TPSA) is 83.5 Å². The van der Waals surface area contributed by atoms with E-state index >= 15 is 0 Å². The Morgan fingerprint density at radius 2 is 2.20 bits per heavy atom. The molecule has 0 saturated heterocycles. The summed E-state index contributed by atoms with van der Waals surface area (Å²) < 4.78 is 1.65. The molecule has 0 radical (unpaired) electrons. The number of aromatic nitrogens is 5. The van der Waals surface area contributed by atoms with Gasteiger partial charge in [-0.25, -0.2) is 4.98 Å². The van der Waals surface area contributed by atoms with Crippen LogP contribution in [-0.2, 0) is 0 Å². The predicted molar refractivity (Wildman–Crippen MR) is 74.7 cm³/mol. The zero-order valence-corrected chi connectivity index (χ0v) is 12.0. The molecule has 2 rings (SSSR count). The summed E-state index contributed by atoms with van der Waals surface area (Å²) >= 11 is 5.96. The van der Waals surface area contributed by atoms with E-state index in [9.17, 15) is 0 Å². The maximum Gasteiger partial charge on any atom is 0.241 e. The van der Waals surface area contributed by atoms with Gasteiger partial charge in [0.15, 0.2) is 0 Å². The molecular weight excluding hydrogens is 278 g/mol. The van der Waals surface area contributed by atoms with Crippen LogP contribution in [0.4, 0.5) is 5.95 Å². The molecule has 2 heterocycles. The molecule has 0 aliphatic rings. The highest BCUT2D eigenvalue weighted by Crippen LogP contribution is 2.16. The molecule has 0 atom stereocenters. The predicted octanol–water partition coefficient (Wildman–Crippen LogP) is 1.84. The number of rotatable bonds is 5. The molecule has 20 heavy (non-hydrogen) atoms. The van der Waals surface area contributed by atoms with E-state index in [0.717, 1.165) is 0 Å². The molecular formula is C12H14ClN7. The molecule has 8 heteroatoms. The van der Waals surface area contributed by atoms with Crippen LogP contribution in [0.3, 0.4) is 0 Å². The van der Waals surface area contributed by atoms with Gasteiger partial charge in [-0.05, 0) is 25.4 Å². The summed E-state index contributed by atoms with van der Waals surface area (Å²) in [6.45, 7) is 4.55. The van der Waals surface area contributed by atoms with Crippen LogP contribution in [0.25, 0.3) is 5.95 Å². The van der Waals surface area contributed by atoms with Crippen LogP contribution < -0.4 is 4.90 Å². The lowest BCUT2D eigenvalue weighted by Gasteiger charge is -2.25.